The van der Waals surface area contributed by atoms with Crippen LogP contribution in [0.5, 0.6) is 0 Å². The van der Waals surface area contributed by atoms with Gasteiger partial charge in [0.2, 0.25) is 0 Å². The van der Waals surface area contributed by atoms with Crippen molar-refractivity contribution < 1.29 is 30.7 Å². The number of halogens is 7. The zero-order valence-electron chi connectivity index (χ0n) is 10.8. The van der Waals surface area contributed by atoms with Crippen molar-refractivity contribution in [2.45, 2.75) is 31.7 Å². The highest BCUT2D eigenvalue weighted by molar-refractivity contribution is 5.27. The average Bonchev–Trinajstić information content (AvgIpc) is 2.27. The van der Waals surface area contributed by atoms with E-state index in [1.165, 1.54) is 6.92 Å². The zero-order chi connectivity index (χ0) is 16.4. The lowest BCUT2D eigenvalue weighted by atomic mass is 9.91. The summed E-state index contributed by atoms with van der Waals surface area (Å²) in [5, 5.41) is 0. The fourth-order valence-electron chi connectivity index (χ4n) is 2.04. The van der Waals surface area contributed by atoms with Crippen molar-refractivity contribution in [2.24, 2.45) is 11.8 Å². The summed E-state index contributed by atoms with van der Waals surface area (Å²) >= 11 is 0. The first kappa shape index (κ1) is 17.7. The fraction of sp³-hybridized carbons (Fsp3) is 0.500. The van der Waals surface area contributed by atoms with Gasteiger partial charge in [-0.05, 0) is 36.6 Å². The van der Waals surface area contributed by atoms with E-state index in [1.807, 2.05) is 0 Å². The van der Waals surface area contributed by atoms with Gasteiger partial charge in [0.1, 0.15) is 5.82 Å². The summed E-state index contributed by atoms with van der Waals surface area (Å²) in [5.74, 6) is 0.631. The summed E-state index contributed by atoms with van der Waals surface area (Å²) in [6.45, 7) is 1.39. The van der Waals surface area contributed by atoms with E-state index < -0.39 is 36.6 Å². The third-order valence-electron chi connectivity index (χ3n) is 3.07. The summed E-state index contributed by atoms with van der Waals surface area (Å²) in [6.07, 6.45) is -11.6. The summed E-state index contributed by atoms with van der Waals surface area (Å²) in [7, 11) is 0. The Kier molecular flexibility index (Phi) is 5.21. The van der Waals surface area contributed by atoms with E-state index in [9.17, 15) is 30.7 Å². The molecule has 0 saturated carbocycles. The molecule has 0 spiro atoms. The van der Waals surface area contributed by atoms with E-state index in [4.69, 9.17) is 5.84 Å². The van der Waals surface area contributed by atoms with Crippen molar-refractivity contribution >= 4 is 0 Å². The lowest BCUT2D eigenvalue weighted by Gasteiger charge is -2.30. The first-order valence-corrected chi connectivity index (χ1v) is 5.81. The van der Waals surface area contributed by atoms with Gasteiger partial charge >= 0.3 is 12.4 Å². The first-order valence-electron chi connectivity index (χ1n) is 5.81. The second kappa shape index (κ2) is 6.18. The predicted octanol–water partition coefficient (Wildman–Crippen LogP) is 3.25. The van der Waals surface area contributed by atoms with Crippen LogP contribution in [0.25, 0.3) is 0 Å². The van der Waals surface area contributed by atoms with Crippen molar-refractivity contribution in [1.29, 1.82) is 0 Å². The molecule has 2 nitrogen and oxygen atoms in total. The molecule has 0 radical (unpaired) electrons. The number of rotatable bonds is 4. The second-order valence-corrected chi connectivity index (χ2v) is 4.61. The molecule has 0 aliphatic heterocycles. The summed E-state index contributed by atoms with van der Waals surface area (Å²) in [6, 6.07) is 1.03. The van der Waals surface area contributed by atoms with Crippen LogP contribution in [0, 0.1) is 18.7 Å². The molecule has 0 saturated heterocycles. The Hall–Kier alpha value is -1.35. The minimum Gasteiger partial charge on any atom is -0.271 e. The minimum absolute atomic E-state index is 0.151. The smallest absolute Gasteiger partial charge is 0.271 e. The van der Waals surface area contributed by atoms with Crippen LogP contribution in [0.3, 0.4) is 0 Å². The molecule has 1 aromatic rings. The highest BCUT2D eigenvalue weighted by Crippen LogP contribution is 2.42. The third-order valence-corrected chi connectivity index (χ3v) is 3.07. The monoisotopic (exact) mass is 318 g/mol. The standard InChI is InChI=1S/C12H13F7N2/c1-6-4-8(13)3-2-7(6)5-9(21-20)10(11(14,15)16)12(17,18)19/h2-4,9-10,21H,5,20H2,1H3. The number of aryl methyl sites for hydroxylation is 1. The number of nitrogens with two attached hydrogens (primary N) is 1. The molecule has 9 heteroatoms. The third kappa shape index (κ3) is 4.57. The van der Waals surface area contributed by atoms with Crippen molar-refractivity contribution in [3.63, 3.8) is 0 Å². The van der Waals surface area contributed by atoms with E-state index in [-0.39, 0.29) is 11.1 Å². The largest absolute Gasteiger partial charge is 0.402 e. The van der Waals surface area contributed by atoms with Gasteiger partial charge in [0, 0.05) is 6.04 Å². The summed E-state index contributed by atoms with van der Waals surface area (Å²) in [5.41, 5.74) is 1.97. The lowest BCUT2D eigenvalue weighted by molar-refractivity contribution is -0.291. The number of benzene rings is 1. The normalized spacial score (nSPS) is 14.6. The Morgan fingerprint density at radius 2 is 1.62 bits per heavy atom. The molecule has 1 aromatic carbocycles. The second-order valence-electron chi connectivity index (χ2n) is 4.61. The van der Waals surface area contributed by atoms with Gasteiger partial charge in [-0.3, -0.25) is 11.3 Å². The molecule has 0 fully saturated rings. The molecule has 0 amide bonds. The van der Waals surface area contributed by atoms with Gasteiger partial charge in [-0.1, -0.05) is 6.07 Å². The molecule has 0 aliphatic carbocycles. The van der Waals surface area contributed by atoms with E-state index in [0.29, 0.717) is 0 Å². The lowest BCUT2D eigenvalue weighted by Crippen LogP contribution is -2.54. The number of alkyl halides is 6. The molecule has 1 atom stereocenters. The summed E-state index contributed by atoms with van der Waals surface area (Å²) < 4.78 is 88.8. The quantitative estimate of drug-likeness (QED) is 0.508. The Balaban J connectivity index is 3.10. The van der Waals surface area contributed by atoms with Crippen LogP contribution in [0.1, 0.15) is 11.1 Å². The molecule has 0 aliphatic rings. The van der Waals surface area contributed by atoms with Crippen LogP contribution in [0.4, 0.5) is 30.7 Å². The molecule has 1 unspecified atom stereocenters. The van der Waals surface area contributed by atoms with Gasteiger partial charge in [-0.2, -0.15) is 26.3 Å². The van der Waals surface area contributed by atoms with Crippen LogP contribution in [-0.2, 0) is 6.42 Å². The fourth-order valence-corrected chi connectivity index (χ4v) is 2.04. The molecule has 120 valence electrons. The van der Waals surface area contributed by atoms with Gasteiger partial charge in [0.25, 0.3) is 0 Å². The van der Waals surface area contributed by atoms with Crippen LogP contribution >= 0.6 is 0 Å². The van der Waals surface area contributed by atoms with E-state index in [1.54, 1.807) is 5.43 Å². The number of nitrogens with one attached hydrogen (secondary N) is 1. The van der Waals surface area contributed by atoms with Crippen LogP contribution in [0.15, 0.2) is 18.2 Å². The van der Waals surface area contributed by atoms with Gasteiger partial charge in [-0.25, -0.2) is 4.39 Å². The molecule has 0 aromatic heterocycles. The molecule has 21 heavy (non-hydrogen) atoms. The molecule has 0 heterocycles. The Labute approximate surface area is 116 Å². The molecular formula is C12H13F7N2. The van der Waals surface area contributed by atoms with E-state index in [0.717, 1.165) is 18.2 Å². The minimum atomic E-state index is -5.50. The van der Waals surface area contributed by atoms with Gasteiger partial charge in [-0.15, -0.1) is 0 Å². The maximum atomic E-state index is 12.9. The topological polar surface area (TPSA) is 38.0 Å². The molecular weight excluding hydrogens is 305 g/mol. The first-order chi connectivity index (χ1) is 9.46. The van der Waals surface area contributed by atoms with Crippen LogP contribution < -0.4 is 11.3 Å². The Morgan fingerprint density at radius 3 is 2.00 bits per heavy atom. The SMILES string of the molecule is Cc1cc(F)ccc1CC(NN)C(C(F)(F)F)C(F)(F)F. The van der Waals surface area contributed by atoms with Gasteiger partial charge in [0.15, 0.2) is 5.92 Å². The van der Waals surface area contributed by atoms with Gasteiger partial charge in [0.05, 0.1) is 0 Å². The van der Waals surface area contributed by atoms with E-state index >= 15 is 0 Å². The molecule has 1 rings (SSSR count). The Bertz CT molecular complexity index is 467. The van der Waals surface area contributed by atoms with Crippen molar-refractivity contribution in [3.05, 3.63) is 35.1 Å². The Morgan fingerprint density at radius 1 is 1.10 bits per heavy atom. The maximum Gasteiger partial charge on any atom is 0.402 e. The zero-order valence-corrected chi connectivity index (χ0v) is 10.8. The van der Waals surface area contributed by atoms with Crippen molar-refractivity contribution in [2.75, 3.05) is 0 Å². The highest BCUT2D eigenvalue weighted by Gasteiger charge is 2.60. The van der Waals surface area contributed by atoms with Crippen LogP contribution in [-0.4, -0.2) is 18.4 Å². The predicted molar refractivity (Wildman–Crippen MR) is 61.6 cm³/mol. The number of hydrazine groups is 1. The number of hydrogen-bond donors (Lipinski definition) is 2. The maximum absolute atomic E-state index is 12.9. The van der Waals surface area contributed by atoms with Crippen molar-refractivity contribution in [3.8, 4) is 0 Å². The number of hydrogen-bond acceptors (Lipinski definition) is 2. The summed E-state index contributed by atoms with van der Waals surface area (Å²) in [4.78, 5) is 0. The molecule has 3 N–H and O–H groups in total. The van der Waals surface area contributed by atoms with Crippen LogP contribution in [0.2, 0.25) is 0 Å². The molecule has 0 bridgehead atoms. The van der Waals surface area contributed by atoms with Gasteiger partial charge < -0.3 is 0 Å². The van der Waals surface area contributed by atoms with E-state index in [2.05, 4.69) is 0 Å². The average molecular weight is 318 g/mol. The highest BCUT2D eigenvalue weighted by atomic mass is 19.4. The van der Waals surface area contributed by atoms with Crippen molar-refractivity contribution in [1.82, 2.24) is 5.43 Å².